The Morgan fingerprint density at radius 3 is 2.34 bits per heavy atom. The van der Waals surface area contributed by atoms with Crippen molar-refractivity contribution < 1.29 is 14.4 Å². The molecular weight excluding hydrogens is 362 g/mol. The molecule has 1 fully saturated rings. The zero-order chi connectivity index (χ0) is 20.8. The van der Waals surface area contributed by atoms with Gasteiger partial charge in [0.15, 0.2) is 6.04 Å². The van der Waals surface area contributed by atoms with Gasteiger partial charge in [-0.1, -0.05) is 38.1 Å². The average Bonchev–Trinajstić information content (AvgIpc) is 2.74. The van der Waals surface area contributed by atoms with Crippen molar-refractivity contribution >= 4 is 17.3 Å². The van der Waals surface area contributed by atoms with E-state index in [9.17, 15) is 4.79 Å². The van der Waals surface area contributed by atoms with Gasteiger partial charge in [0.25, 0.3) is 5.91 Å². The van der Waals surface area contributed by atoms with Gasteiger partial charge in [0.05, 0.1) is 38.5 Å². The van der Waals surface area contributed by atoms with Crippen molar-refractivity contribution in [1.82, 2.24) is 0 Å². The quantitative estimate of drug-likeness (QED) is 0.756. The van der Waals surface area contributed by atoms with Crippen LogP contribution in [0.15, 0.2) is 48.5 Å². The van der Waals surface area contributed by atoms with E-state index in [4.69, 9.17) is 4.74 Å². The number of nitrogens with zero attached hydrogens (tertiary/aromatic N) is 1. The van der Waals surface area contributed by atoms with Crippen LogP contribution in [-0.2, 0) is 4.79 Å². The number of hydrogen-bond donors (Lipinski definition) is 2. The number of piperazine rings is 1. The fraction of sp³-hybridized carbons (Fsp3) is 0.458. The van der Waals surface area contributed by atoms with Gasteiger partial charge in [0.2, 0.25) is 0 Å². The van der Waals surface area contributed by atoms with Crippen LogP contribution in [-0.4, -0.2) is 44.7 Å². The summed E-state index contributed by atoms with van der Waals surface area (Å²) in [5.41, 5.74) is 3.30. The first-order chi connectivity index (χ1) is 14.0. The van der Waals surface area contributed by atoms with Crippen molar-refractivity contribution in [2.24, 2.45) is 0 Å². The molecule has 1 heterocycles. The van der Waals surface area contributed by atoms with Crippen LogP contribution in [0.25, 0.3) is 0 Å². The molecule has 1 amide bonds. The zero-order valence-corrected chi connectivity index (χ0v) is 18.1. The Balaban J connectivity index is 1.55. The molecule has 2 aromatic rings. The van der Waals surface area contributed by atoms with Gasteiger partial charge in [-0.25, -0.2) is 0 Å². The number of para-hydroxylation sites is 2. The van der Waals surface area contributed by atoms with Gasteiger partial charge >= 0.3 is 0 Å². The fourth-order valence-corrected chi connectivity index (χ4v) is 3.85. The van der Waals surface area contributed by atoms with E-state index >= 15 is 0 Å². The minimum atomic E-state index is -0.0796. The molecule has 0 aliphatic carbocycles. The highest BCUT2D eigenvalue weighted by Crippen LogP contribution is 2.27. The molecule has 2 aromatic carbocycles. The third kappa shape index (κ3) is 5.30. The lowest BCUT2D eigenvalue weighted by atomic mass is 10.0. The van der Waals surface area contributed by atoms with Crippen LogP contribution in [0.4, 0.5) is 11.4 Å². The molecule has 2 N–H and O–H groups in total. The minimum Gasteiger partial charge on any atom is -0.492 e. The summed E-state index contributed by atoms with van der Waals surface area (Å²) in [5.74, 6) is 1.52. The monoisotopic (exact) mass is 396 g/mol. The third-order valence-corrected chi connectivity index (χ3v) is 5.76. The van der Waals surface area contributed by atoms with Gasteiger partial charge in [-0.2, -0.15) is 0 Å². The SMILES string of the molecule is CCOc1ccccc1N1CC[NH+]([C@@H](C)C(=O)Nc2ccc(C(C)C)cc2)CC1. The molecule has 5 nitrogen and oxygen atoms in total. The lowest BCUT2D eigenvalue weighted by Crippen LogP contribution is -3.19. The third-order valence-electron chi connectivity index (χ3n) is 5.76. The Bertz CT molecular complexity index is 796. The number of rotatable bonds is 7. The molecule has 1 aliphatic rings. The van der Waals surface area contributed by atoms with E-state index in [2.05, 4.69) is 48.3 Å². The molecule has 156 valence electrons. The van der Waals surface area contributed by atoms with E-state index in [1.54, 1.807) is 0 Å². The predicted octanol–water partition coefficient (Wildman–Crippen LogP) is 2.94. The summed E-state index contributed by atoms with van der Waals surface area (Å²) in [6.07, 6.45) is 0. The number of quaternary nitrogens is 1. The number of benzene rings is 2. The number of anilines is 2. The van der Waals surface area contributed by atoms with E-state index in [0.717, 1.165) is 43.3 Å². The maximum atomic E-state index is 12.8. The second-order valence-corrected chi connectivity index (χ2v) is 8.03. The first kappa shape index (κ1) is 21.2. The number of amides is 1. The van der Waals surface area contributed by atoms with Gasteiger partial charge < -0.3 is 19.9 Å². The summed E-state index contributed by atoms with van der Waals surface area (Å²) >= 11 is 0. The van der Waals surface area contributed by atoms with E-state index < -0.39 is 0 Å². The summed E-state index contributed by atoms with van der Waals surface area (Å²) in [5, 5.41) is 3.08. The largest absolute Gasteiger partial charge is 0.492 e. The number of hydrogen-bond acceptors (Lipinski definition) is 3. The Kier molecular flexibility index (Phi) is 7.15. The Labute approximate surface area is 174 Å². The molecular formula is C24H34N3O2+. The zero-order valence-electron chi connectivity index (χ0n) is 18.1. The van der Waals surface area contributed by atoms with Crippen LogP contribution in [0.3, 0.4) is 0 Å². The first-order valence-electron chi connectivity index (χ1n) is 10.7. The van der Waals surface area contributed by atoms with Gasteiger partial charge in [-0.3, -0.25) is 4.79 Å². The van der Waals surface area contributed by atoms with E-state index in [1.807, 2.05) is 38.1 Å². The maximum Gasteiger partial charge on any atom is 0.282 e. The van der Waals surface area contributed by atoms with E-state index in [0.29, 0.717) is 12.5 Å². The lowest BCUT2D eigenvalue weighted by molar-refractivity contribution is -0.914. The van der Waals surface area contributed by atoms with Crippen LogP contribution >= 0.6 is 0 Å². The minimum absolute atomic E-state index is 0.0796. The molecule has 1 aliphatic heterocycles. The topological polar surface area (TPSA) is 46.0 Å². The molecule has 29 heavy (non-hydrogen) atoms. The fourth-order valence-electron chi connectivity index (χ4n) is 3.85. The van der Waals surface area contributed by atoms with Crippen molar-refractivity contribution in [3.05, 3.63) is 54.1 Å². The molecule has 5 heteroatoms. The predicted molar refractivity (Wildman–Crippen MR) is 119 cm³/mol. The number of carbonyl (C=O) groups is 1. The van der Waals surface area contributed by atoms with Gasteiger partial charge in [-0.05, 0) is 49.6 Å². The average molecular weight is 397 g/mol. The number of nitrogens with one attached hydrogen (secondary N) is 2. The standard InChI is InChI=1S/C24H33N3O2/c1-5-29-23-9-7-6-8-22(23)27-16-14-26(15-17-27)19(4)24(28)25-21-12-10-20(11-13-21)18(2)3/h6-13,18-19H,5,14-17H2,1-4H3,(H,25,28)/p+1/t19-/m0/s1. The molecule has 0 saturated carbocycles. The maximum absolute atomic E-state index is 12.8. The van der Waals surface area contributed by atoms with E-state index in [1.165, 1.54) is 10.5 Å². The van der Waals surface area contributed by atoms with Crippen LogP contribution in [0.1, 0.15) is 39.2 Å². The highest BCUT2D eigenvalue weighted by molar-refractivity contribution is 5.93. The normalized spacial score (nSPS) is 16.0. The number of ether oxygens (including phenoxy) is 1. The highest BCUT2D eigenvalue weighted by Gasteiger charge is 2.30. The molecule has 0 spiro atoms. The molecule has 0 aromatic heterocycles. The summed E-state index contributed by atoms with van der Waals surface area (Å²) in [6.45, 7) is 12.7. The summed E-state index contributed by atoms with van der Waals surface area (Å²) in [7, 11) is 0. The van der Waals surface area contributed by atoms with Crippen LogP contribution in [0, 0.1) is 0 Å². The summed E-state index contributed by atoms with van der Waals surface area (Å²) < 4.78 is 5.78. The van der Waals surface area contributed by atoms with Crippen molar-refractivity contribution in [1.29, 1.82) is 0 Å². The Morgan fingerprint density at radius 1 is 1.07 bits per heavy atom. The van der Waals surface area contributed by atoms with Crippen molar-refractivity contribution in [3.8, 4) is 5.75 Å². The van der Waals surface area contributed by atoms with Crippen LogP contribution in [0.5, 0.6) is 5.75 Å². The molecule has 0 radical (unpaired) electrons. The molecule has 0 bridgehead atoms. The molecule has 1 atom stereocenters. The first-order valence-corrected chi connectivity index (χ1v) is 10.7. The smallest absolute Gasteiger partial charge is 0.282 e. The number of carbonyl (C=O) groups excluding carboxylic acids is 1. The van der Waals surface area contributed by atoms with Crippen LogP contribution in [0.2, 0.25) is 0 Å². The second-order valence-electron chi connectivity index (χ2n) is 8.03. The van der Waals surface area contributed by atoms with Crippen LogP contribution < -0.4 is 19.9 Å². The van der Waals surface area contributed by atoms with Gasteiger partial charge in [0, 0.05) is 5.69 Å². The summed E-state index contributed by atoms with van der Waals surface area (Å²) in [4.78, 5) is 16.4. The Hall–Kier alpha value is -2.53. The molecule has 0 unspecified atom stereocenters. The molecule has 1 saturated heterocycles. The Morgan fingerprint density at radius 2 is 1.72 bits per heavy atom. The molecule has 3 rings (SSSR count). The summed E-state index contributed by atoms with van der Waals surface area (Å²) in [6, 6.07) is 16.3. The second kappa shape index (κ2) is 9.79. The lowest BCUT2D eigenvalue weighted by Gasteiger charge is -2.36. The van der Waals surface area contributed by atoms with Gasteiger partial charge in [-0.15, -0.1) is 0 Å². The van der Waals surface area contributed by atoms with Crippen molar-refractivity contribution in [2.75, 3.05) is 43.0 Å². The van der Waals surface area contributed by atoms with E-state index in [-0.39, 0.29) is 11.9 Å². The van der Waals surface area contributed by atoms with Gasteiger partial charge in [0.1, 0.15) is 5.75 Å². The van der Waals surface area contributed by atoms with Crippen molar-refractivity contribution in [3.63, 3.8) is 0 Å². The van der Waals surface area contributed by atoms with Crippen molar-refractivity contribution in [2.45, 2.75) is 39.7 Å². The highest BCUT2D eigenvalue weighted by atomic mass is 16.5.